The van der Waals surface area contributed by atoms with E-state index in [1.54, 1.807) is 25.1 Å². The summed E-state index contributed by atoms with van der Waals surface area (Å²) in [6.07, 6.45) is 3.17. The van der Waals surface area contributed by atoms with Crippen LogP contribution in [0.15, 0.2) is 66.7 Å². The number of carbonyl (C=O) groups excluding carboxylic acids is 1. The van der Waals surface area contributed by atoms with E-state index in [-0.39, 0.29) is 11.6 Å². The molecule has 0 bridgehead atoms. The Labute approximate surface area is 144 Å². The molecule has 0 heterocycles. The molecule has 0 spiro atoms. The summed E-state index contributed by atoms with van der Waals surface area (Å²) in [4.78, 5) is 22.7. The summed E-state index contributed by atoms with van der Waals surface area (Å²) in [5.41, 5.74) is 1.78. The summed E-state index contributed by atoms with van der Waals surface area (Å²) in [5.74, 6) is -0.337. The van der Waals surface area contributed by atoms with E-state index in [4.69, 9.17) is 0 Å². The van der Waals surface area contributed by atoms with E-state index in [2.05, 4.69) is 5.32 Å². The maximum Gasteiger partial charge on any atom is 0.274 e. The van der Waals surface area contributed by atoms with Crippen molar-refractivity contribution in [1.82, 2.24) is 0 Å². The number of carbonyl (C=O) groups is 1. The van der Waals surface area contributed by atoms with Crippen LogP contribution in [0.5, 0.6) is 0 Å². The van der Waals surface area contributed by atoms with Gasteiger partial charge in [-0.3, -0.25) is 14.9 Å². The van der Waals surface area contributed by atoms with Gasteiger partial charge < -0.3 is 5.32 Å². The third kappa shape index (κ3) is 3.55. The molecule has 0 aliphatic carbocycles. The lowest BCUT2D eigenvalue weighted by molar-refractivity contribution is -0.385. The molecular formula is C20H16N2O3. The molecule has 3 rings (SSSR count). The Morgan fingerprint density at radius 2 is 1.76 bits per heavy atom. The van der Waals surface area contributed by atoms with Gasteiger partial charge in [0.1, 0.15) is 0 Å². The number of amides is 1. The SMILES string of the molecule is Cc1c(NC(=O)/C=C/c2cccc3ccccc23)cccc1[N+](=O)[O-]. The molecule has 1 amide bonds. The van der Waals surface area contributed by atoms with Crippen molar-refractivity contribution in [1.29, 1.82) is 0 Å². The number of nitro benzene ring substituents is 1. The van der Waals surface area contributed by atoms with Gasteiger partial charge in [0.2, 0.25) is 5.91 Å². The first kappa shape index (κ1) is 16.4. The van der Waals surface area contributed by atoms with Crippen LogP contribution in [0.2, 0.25) is 0 Å². The fraction of sp³-hybridized carbons (Fsp3) is 0.0500. The second kappa shape index (κ2) is 6.97. The highest BCUT2D eigenvalue weighted by atomic mass is 16.6. The van der Waals surface area contributed by atoms with Crippen LogP contribution in [0.1, 0.15) is 11.1 Å². The molecule has 5 heteroatoms. The molecule has 124 valence electrons. The molecule has 0 aromatic heterocycles. The number of nitro groups is 1. The van der Waals surface area contributed by atoms with Crippen molar-refractivity contribution in [2.24, 2.45) is 0 Å². The Kier molecular flexibility index (Phi) is 4.57. The Hall–Kier alpha value is -3.47. The van der Waals surface area contributed by atoms with Crippen LogP contribution in [0, 0.1) is 17.0 Å². The molecule has 25 heavy (non-hydrogen) atoms. The molecule has 0 unspecified atom stereocenters. The third-order valence-corrected chi connectivity index (χ3v) is 4.00. The number of hydrogen-bond acceptors (Lipinski definition) is 3. The standard InChI is InChI=1S/C20H16N2O3/c1-14-18(10-5-11-19(14)22(24)25)21-20(23)13-12-16-8-4-7-15-6-2-3-9-17(15)16/h2-13H,1H3,(H,21,23)/b13-12+. The number of anilines is 1. The highest BCUT2D eigenvalue weighted by Gasteiger charge is 2.13. The van der Waals surface area contributed by atoms with Gasteiger partial charge >= 0.3 is 0 Å². The Balaban J connectivity index is 1.82. The van der Waals surface area contributed by atoms with Crippen LogP contribution >= 0.6 is 0 Å². The molecule has 0 radical (unpaired) electrons. The number of nitrogens with zero attached hydrogens (tertiary/aromatic N) is 1. The zero-order valence-electron chi connectivity index (χ0n) is 13.6. The van der Waals surface area contributed by atoms with E-state index in [0.29, 0.717) is 11.3 Å². The fourth-order valence-electron chi connectivity index (χ4n) is 2.69. The van der Waals surface area contributed by atoms with E-state index < -0.39 is 4.92 Å². The summed E-state index contributed by atoms with van der Waals surface area (Å²) in [5, 5.41) is 15.8. The van der Waals surface area contributed by atoms with Crippen molar-refractivity contribution in [3.05, 3.63) is 88.0 Å². The molecule has 3 aromatic rings. The van der Waals surface area contributed by atoms with E-state index in [9.17, 15) is 14.9 Å². The number of hydrogen-bond donors (Lipinski definition) is 1. The van der Waals surface area contributed by atoms with Crippen molar-refractivity contribution >= 4 is 34.1 Å². The van der Waals surface area contributed by atoms with Crippen LogP contribution < -0.4 is 5.32 Å². The average molecular weight is 332 g/mol. The first-order valence-electron chi connectivity index (χ1n) is 7.77. The van der Waals surface area contributed by atoms with Gasteiger partial charge in [-0.25, -0.2) is 0 Å². The van der Waals surface area contributed by atoms with Gasteiger partial charge in [-0.05, 0) is 35.4 Å². The lowest BCUT2D eigenvalue weighted by Crippen LogP contribution is -2.09. The minimum Gasteiger partial charge on any atom is -0.322 e. The maximum absolute atomic E-state index is 12.2. The first-order valence-corrected chi connectivity index (χ1v) is 7.77. The predicted octanol–water partition coefficient (Wildman–Crippen LogP) is 4.71. The Morgan fingerprint density at radius 3 is 2.56 bits per heavy atom. The maximum atomic E-state index is 12.2. The van der Waals surface area contributed by atoms with Crippen molar-refractivity contribution < 1.29 is 9.72 Å². The lowest BCUT2D eigenvalue weighted by atomic mass is 10.0. The van der Waals surface area contributed by atoms with Gasteiger partial charge in [-0.1, -0.05) is 48.5 Å². The van der Waals surface area contributed by atoms with Crippen molar-refractivity contribution in [3.8, 4) is 0 Å². The van der Waals surface area contributed by atoms with Crippen LogP contribution in [-0.2, 0) is 4.79 Å². The highest BCUT2D eigenvalue weighted by molar-refractivity contribution is 6.04. The van der Waals surface area contributed by atoms with Crippen molar-refractivity contribution in [3.63, 3.8) is 0 Å². The predicted molar refractivity (Wildman–Crippen MR) is 99.4 cm³/mol. The zero-order valence-corrected chi connectivity index (χ0v) is 13.6. The topological polar surface area (TPSA) is 72.2 Å². The molecule has 0 saturated carbocycles. The Bertz CT molecular complexity index is 988. The van der Waals surface area contributed by atoms with Crippen molar-refractivity contribution in [2.45, 2.75) is 6.92 Å². The quantitative estimate of drug-likeness (QED) is 0.427. The number of rotatable bonds is 4. The van der Waals surface area contributed by atoms with Gasteiger partial charge in [0.25, 0.3) is 5.69 Å². The minimum absolute atomic E-state index is 0.0177. The monoisotopic (exact) mass is 332 g/mol. The van der Waals surface area contributed by atoms with Crippen molar-refractivity contribution in [2.75, 3.05) is 5.32 Å². The number of nitrogens with one attached hydrogen (secondary N) is 1. The van der Waals surface area contributed by atoms with Gasteiger partial charge in [0.15, 0.2) is 0 Å². The second-order valence-electron chi connectivity index (χ2n) is 5.60. The summed E-state index contributed by atoms with van der Waals surface area (Å²) in [6, 6.07) is 18.4. The molecule has 0 fully saturated rings. The number of fused-ring (bicyclic) bond motifs is 1. The van der Waals surface area contributed by atoms with Crippen LogP contribution in [0.4, 0.5) is 11.4 Å². The Morgan fingerprint density at radius 1 is 1.04 bits per heavy atom. The second-order valence-corrected chi connectivity index (χ2v) is 5.60. The molecule has 0 atom stereocenters. The van der Waals surface area contributed by atoms with E-state index in [0.717, 1.165) is 16.3 Å². The average Bonchev–Trinajstić information content (AvgIpc) is 2.61. The molecule has 0 saturated heterocycles. The molecule has 0 aliphatic heterocycles. The number of benzene rings is 3. The fourth-order valence-corrected chi connectivity index (χ4v) is 2.69. The molecular weight excluding hydrogens is 316 g/mol. The summed E-state index contributed by atoms with van der Waals surface area (Å²) in [6.45, 7) is 1.61. The highest BCUT2D eigenvalue weighted by Crippen LogP contribution is 2.25. The van der Waals surface area contributed by atoms with E-state index in [1.807, 2.05) is 42.5 Å². The molecule has 3 aromatic carbocycles. The zero-order chi connectivity index (χ0) is 17.8. The molecule has 0 aliphatic rings. The largest absolute Gasteiger partial charge is 0.322 e. The van der Waals surface area contributed by atoms with Crippen LogP contribution in [0.3, 0.4) is 0 Å². The van der Waals surface area contributed by atoms with E-state index in [1.165, 1.54) is 12.1 Å². The lowest BCUT2D eigenvalue weighted by Gasteiger charge is -2.06. The van der Waals surface area contributed by atoms with Gasteiger partial charge in [0, 0.05) is 12.1 Å². The van der Waals surface area contributed by atoms with Crippen LogP contribution in [0.25, 0.3) is 16.8 Å². The molecule has 1 N–H and O–H groups in total. The normalized spacial score (nSPS) is 10.9. The smallest absolute Gasteiger partial charge is 0.274 e. The summed E-state index contributed by atoms with van der Waals surface area (Å²) >= 11 is 0. The summed E-state index contributed by atoms with van der Waals surface area (Å²) < 4.78 is 0. The van der Waals surface area contributed by atoms with Gasteiger partial charge in [0.05, 0.1) is 16.2 Å². The van der Waals surface area contributed by atoms with E-state index >= 15 is 0 Å². The molecule has 5 nitrogen and oxygen atoms in total. The third-order valence-electron chi connectivity index (χ3n) is 4.00. The van der Waals surface area contributed by atoms with Crippen LogP contribution in [-0.4, -0.2) is 10.8 Å². The van der Waals surface area contributed by atoms with Gasteiger partial charge in [-0.2, -0.15) is 0 Å². The summed E-state index contributed by atoms with van der Waals surface area (Å²) in [7, 11) is 0. The minimum atomic E-state index is -0.461. The first-order chi connectivity index (χ1) is 12.1. The van der Waals surface area contributed by atoms with Gasteiger partial charge in [-0.15, -0.1) is 0 Å².